The molecular weight excluding hydrogens is 146 g/mol. The van der Waals surface area contributed by atoms with Crippen molar-refractivity contribution < 1.29 is 4.92 Å². The van der Waals surface area contributed by atoms with Crippen molar-refractivity contribution >= 4 is 5.69 Å². The van der Waals surface area contributed by atoms with Gasteiger partial charge in [0.25, 0.3) is 5.69 Å². The molecule has 0 saturated carbocycles. The van der Waals surface area contributed by atoms with Crippen LogP contribution in [0.1, 0.15) is 5.56 Å². The minimum atomic E-state index is -0.491. The molecule has 2 N–H and O–H groups in total. The second kappa shape index (κ2) is 3.07. The third-order valence-corrected chi connectivity index (χ3v) is 1.30. The minimum Gasteiger partial charge on any atom is -0.326 e. The van der Waals surface area contributed by atoms with Crippen LogP contribution in [0.4, 0.5) is 5.69 Å². The van der Waals surface area contributed by atoms with Crippen LogP contribution in [-0.2, 0) is 6.54 Å². The van der Waals surface area contributed by atoms with Gasteiger partial charge in [0.05, 0.1) is 4.92 Å². The highest BCUT2D eigenvalue weighted by molar-refractivity contribution is 5.36. The molecule has 0 aromatic carbocycles. The van der Waals surface area contributed by atoms with Gasteiger partial charge < -0.3 is 5.73 Å². The van der Waals surface area contributed by atoms with Crippen LogP contribution >= 0.6 is 0 Å². The van der Waals surface area contributed by atoms with Crippen molar-refractivity contribution in [2.24, 2.45) is 5.73 Å². The molecule has 1 aromatic heterocycles. The van der Waals surface area contributed by atoms with Gasteiger partial charge >= 0.3 is 0 Å². The van der Waals surface area contributed by atoms with E-state index in [-0.39, 0.29) is 12.2 Å². The van der Waals surface area contributed by atoms with Crippen LogP contribution in [0.3, 0.4) is 0 Å². The van der Waals surface area contributed by atoms with E-state index in [0.717, 1.165) is 0 Å². The number of nitrogens with two attached hydrogens (primary N) is 1. The maximum atomic E-state index is 10.3. The third kappa shape index (κ3) is 1.50. The Bertz CT molecular complexity index is 274. The van der Waals surface area contributed by atoms with E-state index >= 15 is 0 Å². The zero-order valence-corrected chi connectivity index (χ0v) is 5.73. The molecule has 0 aliphatic carbocycles. The lowest BCUT2D eigenvalue weighted by Gasteiger charge is -1.95. The summed E-state index contributed by atoms with van der Waals surface area (Å²) < 4.78 is 0. The van der Waals surface area contributed by atoms with Gasteiger partial charge in [-0.2, -0.15) is 0 Å². The summed E-state index contributed by atoms with van der Waals surface area (Å²) >= 11 is 0. The Kier molecular flexibility index (Phi) is 2.12. The van der Waals surface area contributed by atoms with Crippen LogP contribution in [-0.4, -0.2) is 9.91 Å². The lowest BCUT2D eigenvalue weighted by atomic mass is 10.2. The topological polar surface area (TPSA) is 82.0 Å². The van der Waals surface area contributed by atoms with Crippen molar-refractivity contribution in [1.29, 1.82) is 0 Å². The van der Waals surface area contributed by atoms with E-state index in [1.54, 1.807) is 0 Å². The molecule has 0 amide bonds. The lowest BCUT2D eigenvalue weighted by Crippen LogP contribution is -2.01. The zero-order valence-electron chi connectivity index (χ0n) is 5.73. The van der Waals surface area contributed by atoms with Gasteiger partial charge in [-0.3, -0.25) is 15.1 Å². The summed E-state index contributed by atoms with van der Waals surface area (Å²) in [6.07, 6.45) is 2.68. The lowest BCUT2D eigenvalue weighted by molar-refractivity contribution is -0.385. The molecule has 0 bridgehead atoms. The smallest absolute Gasteiger partial charge is 0.291 e. The summed E-state index contributed by atoms with van der Waals surface area (Å²) in [6, 6.07) is 1.54. The summed E-state index contributed by atoms with van der Waals surface area (Å²) in [4.78, 5) is 13.4. The van der Waals surface area contributed by atoms with Crippen LogP contribution in [0.5, 0.6) is 0 Å². The molecule has 1 heterocycles. The second-order valence-electron chi connectivity index (χ2n) is 1.97. The standard InChI is InChI=1S/C6H7N3O2/c7-3-5-1-2-8-4-6(5)9(10)11/h1-2,4H,3,7H2. The molecule has 0 atom stereocenters. The summed E-state index contributed by atoms with van der Waals surface area (Å²) in [5.74, 6) is 0. The Labute approximate surface area is 63.0 Å². The number of nitrogens with zero attached hydrogens (tertiary/aromatic N) is 2. The number of pyridine rings is 1. The van der Waals surface area contributed by atoms with Crippen LogP contribution in [0.25, 0.3) is 0 Å². The fourth-order valence-electron chi connectivity index (χ4n) is 0.752. The van der Waals surface area contributed by atoms with Gasteiger partial charge in [0.2, 0.25) is 0 Å². The molecule has 0 spiro atoms. The molecule has 1 aromatic rings. The predicted octanol–water partition coefficient (Wildman–Crippen LogP) is 0.449. The maximum Gasteiger partial charge on any atom is 0.291 e. The fraction of sp³-hybridized carbons (Fsp3) is 0.167. The number of aromatic nitrogens is 1. The van der Waals surface area contributed by atoms with Crippen LogP contribution in [0, 0.1) is 10.1 Å². The van der Waals surface area contributed by atoms with E-state index in [0.29, 0.717) is 5.56 Å². The minimum absolute atomic E-state index is 0.0185. The highest BCUT2D eigenvalue weighted by Gasteiger charge is 2.10. The predicted molar refractivity (Wildman–Crippen MR) is 38.8 cm³/mol. The van der Waals surface area contributed by atoms with Gasteiger partial charge in [0.1, 0.15) is 6.20 Å². The van der Waals surface area contributed by atoms with Crippen molar-refractivity contribution in [1.82, 2.24) is 4.98 Å². The number of hydrogen-bond acceptors (Lipinski definition) is 4. The average Bonchev–Trinajstić information content (AvgIpc) is 2.04. The first-order valence-corrected chi connectivity index (χ1v) is 3.03. The molecule has 11 heavy (non-hydrogen) atoms. The largest absolute Gasteiger partial charge is 0.326 e. The van der Waals surface area contributed by atoms with Gasteiger partial charge in [-0.15, -0.1) is 0 Å². The number of rotatable bonds is 2. The highest BCUT2D eigenvalue weighted by Crippen LogP contribution is 2.14. The fourth-order valence-corrected chi connectivity index (χ4v) is 0.752. The highest BCUT2D eigenvalue weighted by atomic mass is 16.6. The Balaban J connectivity index is 3.12. The molecule has 0 radical (unpaired) electrons. The number of hydrogen-bond donors (Lipinski definition) is 1. The van der Waals surface area contributed by atoms with Gasteiger partial charge in [-0.25, -0.2) is 0 Å². The van der Waals surface area contributed by atoms with Gasteiger partial charge in [0, 0.05) is 18.3 Å². The molecular formula is C6H7N3O2. The van der Waals surface area contributed by atoms with Crippen molar-refractivity contribution in [3.05, 3.63) is 34.1 Å². The molecule has 0 aliphatic rings. The third-order valence-electron chi connectivity index (χ3n) is 1.30. The summed E-state index contributed by atoms with van der Waals surface area (Å²) in [6.45, 7) is 0.166. The monoisotopic (exact) mass is 153 g/mol. The molecule has 5 nitrogen and oxygen atoms in total. The van der Waals surface area contributed by atoms with Crippen molar-refractivity contribution in [3.8, 4) is 0 Å². The van der Waals surface area contributed by atoms with Crippen LogP contribution in [0.2, 0.25) is 0 Å². The average molecular weight is 153 g/mol. The molecule has 0 saturated heterocycles. The second-order valence-corrected chi connectivity index (χ2v) is 1.97. The first kappa shape index (κ1) is 7.62. The Morgan fingerprint density at radius 2 is 2.45 bits per heavy atom. The van der Waals surface area contributed by atoms with E-state index in [4.69, 9.17) is 5.73 Å². The first-order valence-electron chi connectivity index (χ1n) is 3.03. The van der Waals surface area contributed by atoms with E-state index in [1.165, 1.54) is 18.5 Å². The van der Waals surface area contributed by atoms with Crippen molar-refractivity contribution in [3.63, 3.8) is 0 Å². The Hall–Kier alpha value is -1.49. The maximum absolute atomic E-state index is 10.3. The number of nitro groups is 1. The normalized spacial score (nSPS) is 9.55. The Morgan fingerprint density at radius 1 is 1.73 bits per heavy atom. The summed E-state index contributed by atoms with van der Waals surface area (Å²) in [5, 5.41) is 10.3. The molecule has 0 fully saturated rings. The molecule has 58 valence electrons. The van der Waals surface area contributed by atoms with Gasteiger partial charge in [-0.05, 0) is 6.07 Å². The summed E-state index contributed by atoms with van der Waals surface area (Å²) in [5.41, 5.74) is 5.74. The Morgan fingerprint density at radius 3 is 2.91 bits per heavy atom. The summed E-state index contributed by atoms with van der Waals surface area (Å²) in [7, 11) is 0. The quantitative estimate of drug-likeness (QED) is 0.494. The zero-order chi connectivity index (χ0) is 8.27. The van der Waals surface area contributed by atoms with E-state index in [2.05, 4.69) is 4.98 Å². The van der Waals surface area contributed by atoms with Crippen molar-refractivity contribution in [2.45, 2.75) is 6.54 Å². The van der Waals surface area contributed by atoms with E-state index in [9.17, 15) is 10.1 Å². The molecule has 5 heteroatoms. The molecule has 0 aliphatic heterocycles. The first-order chi connectivity index (χ1) is 5.25. The van der Waals surface area contributed by atoms with Gasteiger partial charge in [-0.1, -0.05) is 0 Å². The van der Waals surface area contributed by atoms with E-state index in [1.807, 2.05) is 0 Å². The van der Waals surface area contributed by atoms with Crippen LogP contribution in [0.15, 0.2) is 18.5 Å². The van der Waals surface area contributed by atoms with Crippen molar-refractivity contribution in [2.75, 3.05) is 0 Å². The van der Waals surface area contributed by atoms with E-state index < -0.39 is 4.92 Å². The van der Waals surface area contributed by atoms with Gasteiger partial charge in [0.15, 0.2) is 0 Å². The molecule has 0 unspecified atom stereocenters. The SMILES string of the molecule is NCc1ccncc1[N+](=O)[O-]. The van der Waals surface area contributed by atoms with Crippen LogP contribution < -0.4 is 5.73 Å². The molecule has 1 rings (SSSR count).